The summed E-state index contributed by atoms with van der Waals surface area (Å²) < 4.78 is 16.9. The van der Waals surface area contributed by atoms with E-state index in [1.54, 1.807) is 13.8 Å². The highest BCUT2D eigenvalue weighted by molar-refractivity contribution is 5.99. The van der Waals surface area contributed by atoms with Crippen LogP contribution in [-0.4, -0.2) is 34.1 Å². The zero-order chi connectivity index (χ0) is 18.8. The number of para-hydroxylation sites is 1. The molecule has 26 heavy (non-hydrogen) atoms. The van der Waals surface area contributed by atoms with E-state index in [1.807, 2.05) is 0 Å². The van der Waals surface area contributed by atoms with Gasteiger partial charge in [0.2, 0.25) is 11.2 Å². The Morgan fingerprint density at radius 2 is 1.96 bits per heavy atom. The normalized spacial score (nSPS) is 16.7. The van der Waals surface area contributed by atoms with E-state index in [9.17, 15) is 20.1 Å². The van der Waals surface area contributed by atoms with Crippen molar-refractivity contribution in [1.82, 2.24) is 0 Å². The molecule has 0 radical (unpaired) electrons. The average molecular weight is 358 g/mol. The zero-order valence-electron chi connectivity index (χ0n) is 14.5. The van der Waals surface area contributed by atoms with Crippen molar-refractivity contribution in [3.05, 3.63) is 34.0 Å². The zero-order valence-corrected chi connectivity index (χ0v) is 14.5. The van der Waals surface area contributed by atoms with Crippen LogP contribution in [0.4, 0.5) is 0 Å². The van der Waals surface area contributed by atoms with Crippen LogP contribution >= 0.6 is 0 Å². The molecular formula is C19H18O7. The third-order valence-corrected chi connectivity index (χ3v) is 4.75. The smallest absolute Gasteiger partial charge is 0.204 e. The van der Waals surface area contributed by atoms with Crippen LogP contribution < -0.4 is 14.9 Å². The number of phenolic OH excluding ortho intramolecular Hbond substituents is 2. The maximum absolute atomic E-state index is 12.9. The number of phenols is 2. The van der Waals surface area contributed by atoms with Gasteiger partial charge in [0.05, 0.1) is 18.1 Å². The molecule has 2 aromatic carbocycles. The van der Waals surface area contributed by atoms with Gasteiger partial charge in [0.1, 0.15) is 17.1 Å². The van der Waals surface area contributed by atoms with E-state index < -0.39 is 22.9 Å². The Balaban J connectivity index is 2.15. The van der Waals surface area contributed by atoms with Crippen molar-refractivity contribution in [2.24, 2.45) is 0 Å². The number of rotatable bonds is 2. The van der Waals surface area contributed by atoms with E-state index in [4.69, 9.17) is 13.9 Å². The van der Waals surface area contributed by atoms with Crippen molar-refractivity contribution in [3.63, 3.8) is 0 Å². The van der Waals surface area contributed by atoms with E-state index in [0.717, 1.165) is 0 Å². The maximum atomic E-state index is 12.9. The van der Waals surface area contributed by atoms with Crippen LogP contribution in [0.15, 0.2) is 27.4 Å². The number of aliphatic hydroxyl groups is 1. The number of benzene rings is 2. The van der Waals surface area contributed by atoms with Crippen LogP contribution in [0.2, 0.25) is 0 Å². The summed E-state index contributed by atoms with van der Waals surface area (Å²) >= 11 is 0. The fourth-order valence-corrected chi connectivity index (χ4v) is 3.35. The molecule has 7 nitrogen and oxygen atoms in total. The van der Waals surface area contributed by atoms with Crippen molar-refractivity contribution in [3.8, 4) is 23.0 Å². The number of methoxy groups -OCH3 is 1. The molecule has 0 aliphatic carbocycles. The number of hydrogen-bond donors (Lipinski definition) is 3. The highest BCUT2D eigenvalue weighted by Crippen LogP contribution is 2.50. The van der Waals surface area contributed by atoms with Gasteiger partial charge >= 0.3 is 0 Å². The van der Waals surface area contributed by atoms with Gasteiger partial charge in [-0.05, 0) is 26.0 Å². The van der Waals surface area contributed by atoms with Gasteiger partial charge < -0.3 is 29.2 Å². The maximum Gasteiger partial charge on any atom is 0.204 e. The minimum absolute atomic E-state index is 0.0195. The number of hydrogen-bond acceptors (Lipinski definition) is 7. The lowest BCUT2D eigenvalue weighted by molar-refractivity contribution is -0.0236. The number of aromatic hydroxyl groups is 2. The van der Waals surface area contributed by atoms with E-state index in [2.05, 4.69) is 0 Å². The number of fused-ring (bicyclic) bond motifs is 4. The minimum Gasteiger partial charge on any atom is -0.504 e. The Kier molecular flexibility index (Phi) is 3.36. The Bertz CT molecular complexity index is 1110. The van der Waals surface area contributed by atoms with Gasteiger partial charge in [0.15, 0.2) is 22.8 Å². The molecule has 0 saturated carbocycles. The van der Waals surface area contributed by atoms with Crippen LogP contribution in [0, 0.1) is 0 Å². The molecular weight excluding hydrogens is 340 g/mol. The quantitative estimate of drug-likeness (QED) is 0.604. The lowest BCUT2D eigenvalue weighted by Crippen LogP contribution is -2.39. The molecule has 0 spiro atoms. The van der Waals surface area contributed by atoms with Crippen molar-refractivity contribution in [1.29, 1.82) is 0 Å². The standard InChI is InChI=1S/C19H18O7/c1-19(2,23)11-7-9-16-12(14(22)18(24-3)17(9)25-11)13(21)8-5-4-6-10(20)15(8)26-16/h4-6,11,20,22-23H,7H2,1-3H3. The lowest BCUT2D eigenvalue weighted by Gasteiger charge is -2.24. The minimum atomic E-state index is -1.16. The van der Waals surface area contributed by atoms with E-state index in [1.165, 1.54) is 25.3 Å². The van der Waals surface area contributed by atoms with Gasteiger partial charge in [-0.2, -0.15) is 0 Å². The average Bonchev–Trinajstić information content (AvgIpc) is 3.01. The molecule has 4 rings (SSSR count). The molecule has 1 aliphatic heterocycles. The number of ether oxygens (including phenoxy) is 2. The first-order valence-corrected chi connectivity index (χ1v) is 8.13. The summed E-state index contributed by atoms with van der Waals surface area (Å²) in [6.45, 7) is 3.21. The molecule has 1 unspecified atom stereocenters. The van der Waals surface area contributed by atoms with Crippen LogP contribution in [0.5, 0.6) is 23.0 Å². The van der Waals surface area contributed by atoms with Gasteiger partial charge in [-0.1, -0.05) is 6.07 Å². The Morgan fingerprint density at radius 3 is 2.62 bits per heavy atom. The van der Waals surface area contributed by atoms with Crippen molar-refractivity contribution in [2.75, 3.05) is 7.11 Å². The van der Waals surface area contributed by atoms with Crippen LogP contribution in [0.25, 0.3) is 21.9 Å². The molecule has 0 bridgehead atoms. The first kappa shape index (κ1) is 16.5. The summed E-state index contributed by atoms with van der Waals surface area (Å²) in [5, 5.41) is 31.1. The summed E-state index contributed by atoms with van der Waals surface area (Å²) in [6.07, 6.45) is -0.352. The van der Waals surface area contributed by atoms with Gasteiger partial charge in [0, 0.05) is 12.0 Å². The van der Waals surface area contributed by atoms with Gasteiger partial charge in [-0.25, -0.2) is 0 Å². The van der Waals surface area contributed by atoms with Gasteiger partial charge in [-0.15, -0.1) is 0 Å². The molecule has 0 fully saturated rings. The highest BCUT2D eigenvalue weighted by atomic mass is 16.5. The summed E-state index contributed by atoms with van der Waals surface area (Å²) in [5.41, 5.74) is -0.996. The fourth-order valence-electron chi connectivity index (χ4n) is 3.35. The molecule has 7 heteroatoms. The van der Waals surface area contributed by atoms with E-state index >= 15 is 0 Å². The molecule has 3 aromatic rings. The topological polar surface area (TPSA) is 109 Å². The Hall–Kier alpha value is -2.93. The fraction of sp³-hybridized carbons (Fsp3) is 0.316. The van der Waals surface area contributed by atoms with Crippen LogP contribution in [0.1, 0.15) is 19.4 Å². The molecule has 0 amide bonds. The van der Waals surface area contributed by atoms with Crippen molar-refractivity contribution >= 4 is 21.9 Å². The largest absolute Gasteiger partial charge is 0.504 e. The monoisotopic (exact) mass is 358 g/mol. The molecule has 1 aromatic heterocycles. The second-order valence-corrected chi connectivity index (χ2v) is 6.94. The van der Waals surface area contributed by atoms with E-state index in [0.29, 0.717) is 5.56 Å². The second kappa shape index (κ2) is 5.28. The summed E-state index contributed by atoms with van der Waals surface area (Å²) in [4.78, 5) is 12.9. The van der Waals surface area contributed by atoms with Gasteiger partial charge in [-0.3, -0.25) is 4.79 Å². The molecule has 3 N–H and O–H groups in total. The molecule has 1 atom stereocenters. The molecule has 0 saturated heterocycles. The molecule has 2 heterocycles. The third-order valence-electron chi connectivity index (χ3n) is 4.75. The second-order valence-electron chi connectivity index (χ2n) is 6.94. The predicted molar refractivity (Wildman–Crippen MR) is 94.3 cm³/mol. The molecule has 136 valence electrons. The van der Waals surface area contributed by atoms with Crippen molar-refractivity contribution in [2.45, 2.75) is 32.0 Å². The summed E-state index contributed by atoms with van der Waals surface area (Å²) in [7, 11) is 1.36. The van der Waals surface area contributed by atoms with Crippen molar-refractivity contribution < 1.29 is 29.2 Å². The first-order chi connectivity index (χ1) is 12.2. The first-order valence-electron chi connectivity index (χ1n) is 8.13. The molecule has 1 aliphatic rings. The van der Waals surface area contributed by atoms with E-state index in [-0.39, 0.29) is 45.6 Å². The van der Waals surface area contributed by atoms with Crippen LogP contribution in [0.3, 0.4) is 0 Å². The van der Waals surface area contributed by atoms with Crippen LogP contribution in [-0.2, 0) is 6.42 Å². The Morgan fingerprint density at radius 1 is 1.23 bits per heavy atom. The van der Waals surface area contributed by atoms with Gasteiger partial charge in [0.25, 0.3) is 0 Å². The third kappa shape index (κ3) is 2.13. The summed E-state index contributed by atoms with van der Waals surface area (Å²) in [6, 6.07) is 4.45. The predicted octanol–water partition coefficient (Wildman–Crippen LogP) is 2.44. The lowest BCUT2D eigenvalue weighted by atomic mass is 9.96. The summed E-state index contributed by atoms with van der Waals surface area (Å²) in [5.74, 6) is -0.325. The SMILES string of the molecule is COc1c2c(c3oc4c(O)cccc4c(=O)c3c1O)CC(C(C)(C)O)O2. The Labute approximate surface area is 148 Å². The highest BCUT2D eigenvalue weighted by Gasteiger charge is 2.40.